The second-order valence-corrected chi connectivity index (χ2v) is 9.75. The van der Waals surface area contributed by atoms with Crippen LogP contribution >= 0.6 is 0 Å². The van der Waals surface area contributed by atoms with Gasteiger partial charge in [-0.25, -0.2) is 0 Å². The summed E-state index contributed by atoms with van der Waals surface area (Å²) in [5.41, 5.74) is 5.01. The SMILES string of the molecule is COC(=O)CCN1Cc2ccccc2OCCCOc2ccccc2CN(CCC(=O)OC)c2cc(C)ccc21. The van der Waals surface area contributed by atoms with Gasteiger partial charge in [0.25, 0.3) is 0 Å². The molecule has 40 heavy (non-hydrogen) atoms. The molecule has 212 valence electrons. The molecule has 1 aliphatic heterocycles. The van der Waals surface area contributed by atoms with Crippen LogP contribution in [0.15, 0.2) is 66.7 Å². The molecule has 4 rings (SSSR count). The second-order valence-electron chi connectivity index (χ2n) is 9.75. The molecule has 1 aliphatic rings. The van der Waals surface area contributed by atoms with E-state index in [2.05, 4.69) is 34.1 Å². The summed E-state index contributed by atoms with van der Waals surface area (Å²) in [4.78, 5) is 28.8. The van der Waals surface area contributed by atoms with Gasteiger partial charge in [-0.15, -0.1) is 0 Å². The Balaban J connectivity index is 1.83. The third kappa shape index (κ3) is 7.68. The van der Waals surface area contributed by atoms with Crippen LogP contribution in [0.4, 0.5) is 11.4 Å². The highest BCUT2D eigenvalue weighted by molar-refractivity contribution is 5.76. The first-order valence-electron chi connectivity index (χ1n) is 13.6. The molecule has 0 fully saturated rings. The van der Waals surface area contributed by atoms with Gasteiger partial charge in [-0.1, -0.05) is 42.5 Å². The van der Waals surface area contributed by atoms with E-state index >= 15 is 0 Å². The molecule has 8 nitrogen and oxygen atoms in total. The summed E-state index contributed by atoms with van der Waals surface area (Å²) in [6.45, 7) is 5.03. The highest BCUT2D eigenvalue weighted by Gasteiger charge is 2.22. The van der Waals surface area contributed by atoms with Crippen LogP contribution in [0.5, 0.6) is 11.5 Å². The fraction of sp³-hybridized carbons (Fsp3) is 0.375. The first kappa shape index (κ1) is 28.8. The van der Waals surface area contributed by atoms with Gasteiger partial charge in [0.05, 0.1) is 51.6 Å². The highest BCUT2D eigenvalue weighted by Crippen LogP contribution is 2.35. The summed E-state index contributed by atoms with van der Waals surface area (Å²) in [5.74, 6) is 1.06. The minimum atomic E-state index is -0.275. The number of fused-ring (bicyclic) bond motifs is 3. The average molecular weight is 547 g/mol. The lowest BCUT2D eigenvalue weighted by Gasteiger charge is -2.33. The lowest BCUT2D eigenvalue weighted by molar-refractivity contribution is -0.141. The topological polar surface area (TPSA) is 77.5 Å². The van der Waals surface area contributed by atoms with Crippen molar-refractivity contribution in [2.75, 3.05) is 50.3 Å². The van der Waals surface area contributed by atoms with E-state index in [4.69, 9.17) is 18.9 Å². The summed E-state index contributed by atoms with van der Waals surface area (Å²) < 4.78 is 22.3. The van der Waals surface area contributed by atoms with Gasteiger partial charge >= 0.3 is 11.9 Å². The number of carbonyl (C=O) groups is 2. The number of rotatable bonds is 6. The number of ether oxygens (including phenoxy) is 4. The Labute approximate surface area is 236 Å². The first-order valence-corrected chi connectivity index (χ1v) is 13.6. The number of para-hydroxylation sites is 2. The van der Waals surface area contributed by atoms with Crippen molar-refractivity contribution >= 4 is 23.3 Å². The van der Waals surface area contributed by atoms with Crippen molar-refractivity contribution in [2.45, 2.75) is 39.3 Å². The van der Waals surface area contributed by atoms with Crippen LogP contribution in [-0.2, 0) is 32.2 Å². The smallest absolute Gasteiger partial charge is 0.307 e. The van der Waals surface area contributed by atoms with Crippen molar-refractivity contribution in [3.63, 3.8) is 0 Å². The largest absolute Gasteiger partial charge is 0.493 e. The molecular weight excluding hydrogens is 508 g/mol. The number of benzene rings is 3. The Bertz CT molecular complexity index is 1290. The number of carbonyl (C=O) groups excluding carboxylic acids is 2. The number of anilines is 2. The molecule has 0 N–H and O–H groups in total. The van der Waals surface area contributed by atoms with Crippen molar-refractivity contribution in [3.05, 3.63) is 83.4 Å². The van der Waals surface area contributed by atoms with Gasteiger partial charge in [-0.2, -0.15) is 0 Å². The van der Waals surface area contributed by atoms with Crippen LogP contribution in [0.25, 0.3) is 0 Å². The summed E-state index contributed by atoms with van der Waals surface area (Å²) in [7, 11) is 2.81. The maximum Gasteiger partial charge on any atom is 0.307 e. The Morgan fingerprint density at radius 2 is 1.23 bits per heavy atom. The zero-order chi connectivity index (χ0) is 28.3. The number of methoxy groups -OCH3 is 2. The molecule has 0 bridgehead atoms. The molecule has 0 amide bonds. The number of nitrogens with zero attached hydrogens (tertiary/aromatic N) is 2. The standard InChI is InChI=1S/C32H38N2O6/c1-24-13-14-27-28(21-24)34(18-16-32(36)38-3)23-26-10-5-7-12-30(26)40-20-8-19-39-29-11-6-4-9-25(29)22-33(27)17-15-31(35)37-2/h4-7,9-14,21H,8,15-20,22-23H2,1-3H3. The van der Waals surface area contributed by atoms with E-state index in [0.29, 0.717) is 39.4 Å². The Hall–Kier alpha value is -4.20. The van der Waals surface area contributed by atoms with E-state index < -0.39 is 0 Å². The van der Waals surface area contributed by atoms with Crippen LogP contribution in [0.1, 0.15) is 36.0 Å². The Kier molecular flexibility index (Phi) is 10.3. The van der Waals surface area contributed by atoms with Crippen molar-refractivity contribution in [1.82, 2.24) is 0 Å². The van der Waals surface area contributed by atoms with Gasteiger partial charge in [-0.05, 0) is 36.8 Å². The third-order valence-electron chi connectivity index (χ3n) is 6.91. The summed E-state index contributed by atoms with van der Waals surface area (Å²) in [6.07, 6.45) is 1.18. The lowest BCUT2D eigenvalue weighted by atomic mass is 10.1. The molecule has 0 radical (unpaired) electrons. The van der Waals surface area contributed by atoms with Crippen LogP contribution < -0.4 is 19.3 Å². The Morgan fingerprint density at radius 1 is 0.725 bits per heavy atom. The van der Waals surface area contributed by atoms with Gasteiger partial charge in [0.2, 0.25) is 0 Å². The molecule has 8 heteroatoms. The lowest BCUT2D eigenvalue weighted by Crippen LogP contribution is -2.31. The quantitative estimate of drug-likeness (QED) is 0.386. The van der Waals surface area contributed by atoms with E-state index in [1.165, 1.54) is 14.2 Å². The first-order chi connectivity index (χ1) is 19.5. The molecular formula is C32H38N2O6. The summed E-state index contributed by atoms with van der Waals surface area (Å²) in [5, 5.41) is 0. The molecule has 0 unspecified atom stereocenters. The predicted molar refractivity (Wildman–Crippen MR) is 155 cm³/mol. The summed E-state index contributed by atoms with van der Waals surface area (Å²) >= 11 is 0. The van der Waals surface area contributed by atoms with Gasteiger partial charge in [0.1, 0.15) is 11.5 Å². The Morgan fingerprint density at radius 3 is 1.75 bits per heavy atom. The molecule has 0 saturated heterocycles. The number of aryl methyl sites for hydroxylation is 1. The minimum absolute atomic E-state index is 0.228. The van der Waals surface area contributed by atoms with Crippen LogP contribution in [-0.4, -0.2) is 52.5 Å². The van der Waals surface area contributed by atoms with Crippen LogP contribution in [0.3, 0.4) is 0 Å². The summed E-state index contributed by atoms with van der Waals surface area (Å²) in [6, 6.07) is 22.2. The fourth-order valence-electron chi connectivity index (χ4n) is 4.77. The van der Waals surface area contributed by atoms with E-state index in [9.17, 15) is 9.59 Å². The molecule has 0 saturated carbocycles. The van der Waals surface area contributed by atoms with Crippen molar-refractivity contribution in [1.29, 1.82) is 0 Å². The maximum atomic E-state index is 12.2. The monoisotopic (exact) mass is 546 g/mol. The molecule has 3 aromatic rings. The molecule has 1 heterocycles. The number of hydrogen-bond donors (Lipinski definition) is 0. The average Bonchev–Trinajstić information content (AvgIpc) is 2.98. The molecule has 0 aliphatic carbocycles. The van der Waals surface area contributed by atoms with E-state index in [-0.39, 0.29) is 24.8 Å². The maximum absolute atomic E-state index is 12.2. The second kappa shape index (κ2) is 14.3. The zero-order valence-electron chi connectivity index (χ0n) is 23.6. The van der Waals surface area contributed by atoms with Crippen molar-refractivity contribution in [3.8, 4) is 11.5 Å². The normalized spacial score (nSPS) is 13.8. The van der Waals surface area contributed by atoms with Gasteiger partial charge in [-0.3, -0.25) is 9.59 Å². The van der Waals surface area contributed by atoms with Crippen molar-refractivity contribution < 1.29 is 28.5 Å². The van der Waals surface area contributed by atoms with E-state index in [0.717, 1.165) is 46.0 Å². The van der Waals surface area contributed by atoms with Gasteiger partial charge in [0.15, 0.2) is 0 Å². The number of hydrogen-bond acceptors (Lipinski definition) is 8. The molecule has 0 atom stereocenters. The van der Waals surface area contributed by atoms with E-state index in [1.807, 2.05) is 49.4 Å². The molecule has 0 spiro atoms. The zero-order valence-corrected chi connectivity index (χ0v) is 23.6. The third-order valence-corrected chi connectivity index (χ3v) is 6.91. The van der Waals surface area contributed by atoms with E-state index in [1.54, 1.807) is 0 Å². The predicted octanol–water partition coefficient (Wildman–Crippen LogP) is 5.30. The van der Waals surface area contributed by atoms with Gasteiger partial charge < -0.3 is 28.7 Å². The van der Waals surface area contributed by atoms with Crippen molar-refractivity contribution in [2.24, 2.45) is 0 Å². The number of esters is 2. The van der Waals surface area contributed by atoms with Crippen LogP contribution in [0.2, 0.25) is 0 Å². The van der Waals surface area contributed by atoms with Gasteiger partial charge in [0, 0.05) is 43.7 Å². The molecule has 3 aromatic carbocycles. The molecule has 0 aromatic heterocycles. The highest BCUT2D eigenvalue weighted by atomic mass is 16.5. The van der Waals surface area contributed by atoms with Crippen LogP contribution in [0, 0.1) is 6.92 Å². The minimum Gasteiger partial charge on any atom is -0.493 e. The fourth-order valence-corrected chi connectivity index (χ4v) is 4.77.